The molecule has 0 bridgehead atoms. The largest absolute Gasteiger partial charge is 0.342 e. The van der Waals surface area contributed by atoms with Gasteiger partial charge in [-0.2, -0.15) is 5.26 Å². The molecule has 166 valence electrons. The Hall–Kier alpha value is -3.13. The number of rotatable bonds is 5. The summed E-state index contributed by atoms with van der Waals surface area (Å²) in [6, 6.07) is 15.7. The fourth-order valence-corrected chi connectivity index (χ4v) is 4.73. The van der Waals surface area contributed by atoms with E-state index in [-0.39, 0.29) is 11.8 Å². The Bertz CT molecular complexity index is 1030. The molecule has 2 aromatic carbocycles. The molecular formula is C27H31N3O2. The molecular weight excluding hydrogens is 398 g/mol. The van der Waals surface area contributed by atoms with Crippen molar-refractivity contribution in [3.05, 3.63) is 70.3 Å². The van der Waals surface area contributed by atoms with Crippen LogP contribution in [0.1, 0.15) is 88.3 Å². The molecule has 32 heavy (non-hydrogen) atoms. The molecule has 1 saturated heterocycles. The number of carbonyl (C=O) groups is 2. The Kier molecular flexibility index (Phi) is 6.60. The SMILES string of the molecule is CCN(C)C(=O)c1cc(C(=O)N2CCC(c3ccc(C#N)cc3)CC2)ccc1C1CCC1. The van der Waals surface area contributed by atoms with Gasteiger partial charge in [-0.3, -0.25) is 9.59 Å². The van der Waals surface area contributed by atoms with Crippen LogP contribution in [0.15, 0.2) is 42.5 Å². The first-order valence-electron chi connectivity index (χ1n) is 11.7. The third kappa shape index (κ3) is 4.41. The molecule has 4 rings (SSSR count). The molecule has 1 aliphatic carbocycles. The third-order valence-corrected chi connectivity index (χ3v) is 7.19. The number of hydrogen-bond donors (Lipinski definition) is 0. The van der Waals surface area contributed by atoms with Gasteiger partial charge in [-0.1, -0.05) is 24.6 Å². The average Bonchev–Trinajstić information content (AvgIpc) is 2.82. The molecule has 2 fully saturated rings. The number of hydrogen-bond acceptors (Lipinski definition) is 3. The molecule has 1 aliphatic heterocycles. The smallest absolute Gasteiger partial charge is 0.253 e. The monoisotopic (exact) mass is 429 g/mol. The number of amides is 2. The van der Waals surface area contributed by atoms with Crippen LogP contribution in [0.2, 0.25) is 0 Å². The number of carbonyl (C=O) groups excluding carboxylic acids is 2. The lowest BCUT2D eigenvalue weighted by Crippen LogP contribution is -2.38. The van der Waals surface area contributed by atoms with Crippen LogP contribution >= 0.6 is 0 Å². The second kappa shape index (κ2) is 9.56. The number of nitriles is 1. The predicted molar refractivity (Wildman–Crippen MR) is 125 cm³/mol. The van der Waals surface area contributed by atoms with Crippen molar-refractivity contribution in [1.82, 2.24) is 9.80 Å². The zero-order valence-corrected chi connectivity index (χ0v) is 19.0. The van der Waals surface area contributed by atoms with Crippen molar-refractivity contribution in [1.29, 1.82) is 5.26 Å². The van der Waals surface area contributed by atoms with Gasteiger partial charge in [0, 0.05) is 37.8 Å². The minimum atomic E-state index is 0.00331. The standard InChI is InChI=1S/C27H31N3O2/c1-3-29(2)27(32)25-17-23(11-12-24(25)22-5-4-6-22)26(31)30-15-13-21(14-16-30)20-9-7-19(18-28)8-10-20/h7-12,17,21-22H,3-6,13-16H2,1-2H3. The van der Waals surface area contributed by atoms with E-state index in [0.717, 1.165) is 31.2 Å². The predicted octanol–water partition coefficient (Wildman–Crippen LogP) is 4.94. The molecule has 0 radical (unpaired) electrons. The molecule has 2 amide bonds. The lowest BCUT2D eigenvalue weighted by molar-refractivity contribution is 0.0713. The molecule has 5 nitrogen and oxygen atoms in total. The fraction of sp³-hybridized carbons (Fsp3) is 0.444. The van der Waals surface area contributed by atoms with Gasteiger partial charge in [-0.05, 0) is 79.8 Å². The zero-order valence-electron chi connectivity index (χ0n) is 19.0. The van der Waals surface area contributed by atoms with Crippen LogP contribution in [-0.4, -0.2) is 48.3 Å². The highest BCUT2D eigenvalue weighted by atomic mass is 16.2. The van der Waals surface area contributed by atoms with E-state index >= 15 is 0 Å². The Morgan fingerprint density at radius 3 is 2.28 bits per heavy atom. The van der Waals surface area contributed by atoms with Gasteiger partial charge >= 0.3 is 0 Å². The second-order valence-corrected chi connectivity index (χ2v) is 9.05. The minimum absolute atomic E-state index is 0.00331. The van der Waals surface area contributed by atoms with E-state index in [1.54, 1.807) is 4.90 Å². The molecule has 0 aromatic heterocycles. The molecule has 1 heterocycles. The lowest BCUT2D eigenvalue weighted by Gasteiger charge is -2.33. The minimum Gasteiger partial charge on any atom is -0.342 e. The van der Waals surface area contributed by atoms with E-state index in [2.05, 4.69) is 6.07 Å². The van der Waals surface area contributed by atoms with E-state index in [0.29, 0.717) is 48.2 Å². The maximum absolute atomic E-state index is 13.3. The number of piperidine rings is 1. The topological polar surface area (TPSA) is 64.4 Å². The normalized spacial score (nSPS) is 16.8. The summed E-state index contributed by atoms with van der Waals surface area (Å²) >= 11 is 0. The van der Waals surface area contributed by atoms with Gasteiger partial charge in [0.1, 0.15) is 0 Å². The summed E-state index contributed by atoms with van der Waals surface area (Å²) in [4.78, 5) is 29.9. The summed E-state index contributed by atoms with van der Waals surface area (Å²) in [6.45, 7) is 4.01. The summed E-state index contributed by atoms with van der Waals surface area (Å²) in [7, 11) is 1.81. The Morgan fingerprint density at radius 2 is 1.72 bits per heavy atom. The van der Waals surface area contributed by atoms with Crippen molar-refractivity contribution >= 4 is 11.8 Å². The number of benzene rings is 2. The molecule has 0 atom stereocenters. The quantitative estimate of drug-likeness (QED) is 0.676. The molecule has 2 aliphatic rings. The van der Waals surface area contributed by atoms with Crippen molar-refractivity contribution in [2.45, 2.75) is 50.9 Å². The van der Waals surface area contributed by atoms with E-state index in [9.17, 15) is 9.59 Å². The second-order valence-electron chi connectivity index (χ2n) is 9.05. The van der Waals surface area contributed by atoms with Gasteiger partial charge < -0.3 is 9.80 Å². The van der Waals surface area contributed by atoms with Gasteiger partial charge in [0.05, 0.1) is 11.6 Å². The maximum Gasteiger partial charge on any atom is 0.253 e. The van der Waals surface area contributed by atoms with Gasteiger partial charge in [0.25, 0.3) is 11.8 Å². The first-order valence-corrected chi connectivity index (χ1v) is 11.7. The van der Waals surface area contributed by atoms with Crippen molar-refractivity contribution < 1.29 is 9.59 Å². The van der Waals surface area contributed by atoms with Crippen molar-refractivity contribution in [2.75, 3.05) is 26.7 Å². The average molecular weight is 430 g/mol. The molecule has 1 saturated carbocycles. The molecule has 0 spiro atoms. The molecule has 0 unspecified atom stereocenters. The Morgan fingerprint density at radius 1 is 1.03 bits per heavy atom. The summed E-state index contributed by atoms with van der Waals surface area (Å²) < 4.78 is 0. The summed E-state index contributed by atoms with van der Waals surface area (Å²) in [6.07, 6.45) is 5.25. The van der Waals surface area contributed by atoms with Crippen molar-refractivity contribution in [2.24, 2.45) is 0 Å². The molecule has 2 aromatic rings. The van der Waals surface area contributed by atoms with Gasteiger partial charge in [0.15, 0.2) is 0 Å². The Labute approximate surface area is 190 Å². The van der Waals surface area contributed by atoms with E-state index in [4.69, 9.17) is 5.26 Å². The van der Waals surface area contributed by atoms with E-state index in [1.807, 2.05) is 61.3 Å². The molecule has 5 heteroatoms. The molecule has 0 N–H and O–H groups in total. The van der Waals surface area contributed by atoms with E-state index in [1.165, 1.54) is 12.0 Å². The van der Waals surface area contributed by atoms with Crippen LogP contribution in [0.4, 0.5) is 0 Å². The maximum atomic E-state index is 13.3. The lowest BCUT2D eigenvalue weighted by atomic mass is 9.77. The number of likely N-dealkylation sites (tertiary alicyclic amines) is 1. The van der Waals surface area contributed by atoms with Crippen LogP contribution < -0.4 is 0 Å². The Balaban J connectivity index is 1.48. The highest BCUT2D eigenvalue weighted by Crippen LogP contribution is 2.39. The van der Waals surface area contributed by atoms with Crippen molar-refractivity contribution in [3.8, 4) is 6.07 Å². The summed E-state index contributed by atoms with van der Waals surface area (Å²) in [5.41, 5.74) is 4.30. The first kappa shape index (κ1) is 22.1. The van der Waals surface area contributed by atoms with Crippen LogP contribution in [0.25, 0.3) is 0 Å². The van der Waals surface area contributed by atoms with Crippen LogP contribution in [0.5, 0.6) is 0 Å². The van der Waals surface area contributed by atoms with Gasteiger partial charge in [-0.25, -0.2) is 0 Å². The van der Waals surface area contributed by atoms with Gasteiger partial charge in [-0.15, -0.1) is 0 Å². The highest BCUT2D eigenvalue weighted by Gasteiger charge is 2.29. The summed E-state index contributed by atoms with van der Waals surface area (Å²) in [5.74, 6) is 0.856. The van der Waals surface area contributed by atoms with Crippen LogP contribution in [0.3, 0.4) is 0 Å². The summed E-state index contributed by atoms with van der Waals surface area (Å²) in [5, 5.41) is 8.99. The van der Waals surface area contributed by atoms with E-state index < -0.39 is 0 Å². The van der Waals surface area contributed by atoms with Crippen LogP contribution in [-0.2, 0) is 0 Å². The van der Waals surface area contributed by atoms with Crippen LogP contribution in [0, 0.1) is 11.3 Å². The van der Waals surface area contributed by atoms with Gasteiger partial charge in [0.2, 0.25) is 0 Å². The first-order chi connectivity index (χ1) is 15.5. The van der Waals surface area contributed by atoms with Crippen molar-refractivity contribution in [3.63, 3.8) is 0 Å². The zero-order chi connectivity index (χ0) is 22.7. The fourth-order valence-electron chi connectivity index (χ4n) is 4.73. The number of nitrogens with zero attached hydrogens (tertiary/aromatic N) is 3. The highest BCUT2D eigenvalue weighted by molar-refractivity contribution is 6.00. The third-order valence-electron chi connectivity index (χ3n) is 7.19.